The lowest BCUT2D eigenvalue weighted by Crippen LogP contribution is -2.49. The van der Waals surface area contributed by atoms with Crippen molar-refractivity contribution in [3.05, 3.63) is 0 Å². The van der Waals surface area contributed by atoms with Gasteiger partial charge in [0.1, 0.15) is 0 Å². The van der Waals surface area contributed by atoms with Gasteiger partial charge in [-0.05, 0) is 26.7 Å². The number of ether oxygens (including phenoxy) is 3. The van der Waals surface area contributed by atoms with Gasteiger partial charge in [-0.1, -0.05) is 0 Å². The Morgan fingerprint density at radius 1 is 1.15 bits per heavy atom. The monoisotopic (exact) mass is 288 g/mol. The van der Waals surface area contributed by atoms with Crippen LogP contribution >= 0.6 is 0 Å². The summed E-state index contributed by atoms with van der Waals surface area (Å²) in [5, 5.41) is 0. The molecule has 1 saturated heterocycles. The lowest BCUT2D eigenvalue weighted by Gasteiger charge is -2.40. The third kappa shape index (κ3) is 6.50. The number of nitrogens with two attached hydrogens (primary N) is 1. The molecule has 5 heteroatoms. The van der Waals surface area contributed by atoms with Gasteiger partial charge in [0.05, 0.1) is 19.8 Å². The molecule has 0 bridgehead atoms. The van der Waals surface area contributed by atoms with Crippen LogP contribution in [-0.2, 0) is 14.2 Å². The Morgan fingerprint density at radius 3 is 2.25 bits per heavy atom. The lowest BCUT2D eigenvalue weighted by atomic mass is 9.82. The van der Waals surface area contributed by atoms with Crippen LogP contribution in [-0.4, -0.2) is 70.7 Å². The third-order valence-electron chi connectivity index (χ3n) is 3.91. The minimum absolute atomic E-state index is 0.108. The Balaban J connectivity index is 2.46. The zero-order valence-corrected chi connectivity index (χ0v) is 13.2. The van der Waals surface area contributed by atoms with Gasteiger partial charge in [-0.15, -0.1) is 0 Å². The van der Waals surface area contributed by atoms with Crippen LogP contribution in [0.15, 0.2) is 0 Å². The molecule has 1 rings (SSSR count). The normalized spacial score (nSPS) is 23.4. The molecule has 1 aliphatic heterocycles. The molecule has 0 saturated carbocycles. The lowest BCUT2D eigenvalue weighted by molar-refractivity contribution is -0.0295. The first kappa shape index (κ1) is 17.9. The summed E-state index contributed by atoms with van der Waals surface area (Å²) in [5.74, 6) is 0. The molecule has 0 amide bonds. The highest BCUT2D eigenvalue weighted by atomic mass is 16.5. The highest BCUT2D eigenvalue weighted by Crippen LogP contribution is 2.28. The molecule has 5 nitrogen and oxygen atoms in total. The molecule has 120 valence electrons. The molecule has 0 aromatic heterocycles. The largest absolute Gasteiger partial charge is 0.381 e. The van der Waals surface area contributed by atoms with Gasteiger partial charge in [0, 0.05) is 51.4 Å². The van der Waals surface area contributed by atoms with E-state index in [1.807, 2.05) is 13.8 Å². The van der Waals surface area contributed by atoms with Crippen LogP contribution < -0.4 is 5.73 Å². The molecule has 0 radical (unpaired) electrons. The van der Waals surface area contributed by atoms with E-state index in [0.717, 1.165) is 72.1 Å². The minimum Gasteiger partial charge on any atom is -0.381 e. The smallest absolute Gasteiger partial charge is 0.0593 e. The van der Waals surface area contributed by atoms with Crippen molar-refractivity contribution in [2.75, 3.05) is 65.8 Å². The summed E-state index contributed by atoms with van der Waals surface area (Å²) in [6.07, 6.45) is 2.27. The van der Waals surface area contributed by atoms with E-state index < -0.39 is 0 Å². The molecule has 1 aliphatic rings. The van der Waals surface area contributed by atoms with Gasteiger partial charge in [-0.2, -0.15) is 0 Å². The van der Waals surface area contributed by atoms with E-state index in [-0.39, 0.29) is 5.41 Å². The van der Waals surface area contributed by atoms with Crippen molar-refractivity contribution in [2.24, 2.45) is 11.1 Å². The van der Waals surface area contributed by atoms with Gasteiger partial charge >= 0.3 is 0 Å². The minimum atomic E-state index is 0.108. The van der Waals surface area contributed by atoms with Crippen molar-refractivity contribution in [1.82, 2.24) is 4.90 Å². The summed E-state index contributed by atoms with van der Waals surface area (Å²) in [7, 11) is 0. The SMILES string of the molecule is CCOCCN(CCOCC)CC1(CN)CCCOC1. The van der Waals surface area contributed by atoms with Crippen LogP contribution in [0.5, 0.6) is 0 Å². The zero-order chi connectivity index (χ0) is 14.7. The summed E-state index contributed by atoms with van der Waals surface area (Å²) in [5.41, 5.74) is 6.13. The van der Waals surface area contributed by atoms with Crippen LogP contribution in [0, 0.1) is 5.41 Å². The van der Waals surface area contributed by atoms with Gasteiger partial charge in [-0.3, -0.25) is 4.90 Å². The molecular weight excluding hydrogens is 256 g/mol. The van der Waals surface area contributed by atoms with Gasteiger partial charge in [0.2, 0.25) is 0 Å². The van der Waals surface area contributed by atoms with Crippen molar-refractivity contribution in [3.63, 3.8) is 0 Å². The van der Waals surface area contributed by atoms with E-state index in [1.54, 1.807) is 0 Å². The maximum absolute atomic E-state index is 6.03. The van der Waals surface area contributed by atoms with E-state index in [9.17, 15) is 0 Å². The second-order valence-electron chi connectivity index (χ2n) is 5.53. The highest BCUT2D eigenvalue weighted by Gasteiger charge is 2.33. The predicted molar refractivity (Wildman–Crippen MR) is 81.0 cm³/mol. The molecule has 1 atom stereocenters. The first-order valence-electron chi connectivity index (χ1n) is 7.92. The van der Waals surface area contributed by atoms with Crippen LogP contribution in [0.3, 0.4) is 0 Å². The van der Waals surface area contributed by atoms with E-state index in [4.69, 9.17) is 19.9 Å². The van der Waals surface area contributed by atoms with Crippen LogP contribution in [0.25, 0.3) is 0 Å². The standard InChI is InChI=1S/C15H32N2O3/c1-3-18-10-7-17(8-11-19-4-2)13-15(12-16)6-5-9-20-14-15/h3-14,16H2,1-2H3. The van der Waals surface area contributed by atoms with Crippen LogP contribution in [0.1, 0.15) is 26.7 Å². The Bertz CT molecular complexity index is 223. The van der Waals surface area contributed by atoms with E-state index in [0.29, 0.717) is 6.54 Å². The second kappa shape index (κ2) is 10.5. The fourth-order valence-corrected chi connectivity index (χ4v) is 2.68. The maximum atomic E-state index is 6.03. The van der Waals surface area contributed by atoms with Crippen molar-refractivity contribution >= 4 is 0 Å². The summed E-state index contributed by atoms with van der Waals surface area (Å²) in [4.78, 5) is 2.41. The molecular formula is C15H32N2O3. The first-order valence-corrected chi connectivity index (χ1v) is 7.92. The molecule has 1 heterocycles. The molecule has 1 unspecified atom stereocenters. The molecule has 0 aliphatic carbocycles. The average Bonchev–Trinajstić information content (AvgIpc) is 2.48. The van der Waals surface area contributed by atoms with Crippen molar-refractivity contribution in [1.29, 1.82) is 0 Å². The molecule has 0 spiro atoms. The average molecular weight is 288 g/mol. The van der Waals surface area contributed by atoms with Crippen molar-refractivity contribution in [2.45, 2.75) is 26.7 Å². The Morgan fingerprint density at radius 2 is 1.80 bits per heavy atom. The van der Waals surface area contributed by atoms with E-state index in [2.05, 4.69) is 4.90 Å². The number of rotatable bonds is 11. The van der Waals surface area contributed by atoms with Crippen molar-refractivity contribution < 1.29 is 14.2 Å². The first-order chi connectivity index (χ1) is 9.76. The number of hydrogen-bond acceptors (Lipinski definition) is 5. The molecule has 20 heavy (non-hydrogen) atoms. The van der Waals surface area contributed by atoms with Crippen LogP contribution in [0.4, 0.5) is 0 Å². The highest BCUT2D eigenvalue weighted by molar-refractivity contribution is 4.86. The Kier molecular flexibility index (Phi) is 9.39. The fourth-order valence-electron chi connectivity index (χ4n) is 2.68. The zero-order valence-electron chi connectivity index (χ0n) is 13.2. The molecule has 1 fully saturated rings. The number of hydrogen-bond donors (Lipinski definition) is 1. The van der Waals surface area contributed by atoms with Crippen molar-refractivity contribution in [3.8, 4) is 0 Å². The summed E-state index contributed by atoms with van der Waals surface area (Å²) in [6, 6.07) is 0. The fraction of sp³-hybridized carbons (Fsp3) is 1.00. The third-order valence-corrected chi connectivity index (χ3v) is 3.91. The Hall–Kier alpha value is -0.200. The summed E-state index contributed by atoms with van der Waals surface area (Å²) in [6.45, 7) is 12.3. The second-order valence-corrected chi connectivity index (χ2v) is 5.53. The van der Waals surface area contributed by atoms with Gasteiger partial charge in [0.15, 0.2) is 0 Å². The summed E-state index contributed by atoms with van der Waals surface area (Å²) < 4.78 is 16.6. The van der Waals surface area contributed by atoms with E-state index in [1.165, 1.54) is 0 Å². The molecule has 0 aromatic rings. The maximum Gasteiger partial charge on any atom is 0.0593 e. The number of nitrogens with zero attached hydrogens (tertiary/aromatic N) is 1. The summed E-state index contributed by atoms with van der Waals surface area (Å²) >= 11 is 0. The topological polar surface area (TPSA) is 57.0 Å². The van der Waals surface area contributed by atoms with Gasteiger partial charge in [0.25, 0.3) is 0 Å². The molecule has 2 N–H and O–H groups in total. The van der Waals surface area contributed by atoms with E-state index >= 15 is 0 Å². The quantitative estimate of drug-likeness (QED) is 0.577. The van der Waals surface area contributed by atoms with Gasteiger partial charge < -0.3 is 19.9 Å². The van der Waals surface area contributed by atoms with Gasteiger partial charge in [-0.25, -0.2) is 0 Å². The Labute approximate surface area is 123 Å². The predicted octanol–water partition coefficient (Wildman–Crippen LogP) is 1.12. The van der Waals surface area contributed by atoms with Crippen LogP contribution in [0.2, 0.25) is 0 Å². The molecule has 0 aromatic carbocycles.